The van der Waals surface area contributed by atoms with Gasteiger partial charge in [0.25, 0.3) is 0 Å². The number of ether oxygens (including phenoxy) is 1. The standard InChI is InChI=1S/C23H26N2O4/c1-23(2,3)29-22(28)24-19(21(26)27)13-17-15-25(14-16-9-5-4-6-10-16)20-12-8-7-11-18(17)20/h4-12,15,19H,13-14H2,1-3H3,(H,24,28)(H,26,27). The highest BCUT2D eigenvalue weighted by Gasteiger charge is 2.25. The molecule has 1 unspecified atom stereocenters. The summed E-state index contributed by atoms with van der Waals surface area (Å²) in [7, 11) is 0. The number of alkyl carbamates (subject to hydrolysis) is 1. The number of benzene rings is 2. The first kappa shape index (κ1) is 20.5. The van der Waals surface area contributed by atoms with Gasteiger partial charge in [0.05, 0.1) is 0 Å². The maximum atomic E-state index is 12.1. The second kappa shape index (κ2) is 8.39. The number of fused-ring (bicyclic) bond motifs is 1. The summed E-state index contributed by atoms with van der Waals surface area (Å²) in [5, 5.41) is 13.1. The van der Waals surface area contributed by atoms with Gasteiger partial charge in [-0.2, -0.15) is 0 Å². The number of nitrogens with zero attached hydrogens (tertiary/aromatic N) is 1. The highest BCUT2D eigenvalue weighted by atomic mass is 16.6. The van der Waals surface area contributed by atoms with Crippen LogP contribution in [0.3, 0.4) is 0 Å². The number of rotatable bonds is 6. The Hall–Kier alpha value is -3.28. The molecule has 1 aromatic heterocycles. The number of carboxylic acid groups (broad SMARTS) is 1. The van der Waals surface area contributed by atoms with E-state index in [1.54, 1.807) is 20.8 Å². The maximum Gasteiger partial charge on any atom is 0.408 e. The van der Waals surface area contributed by atoms with Gasteiger partial charge in [-0.1, -0.05) is 48.5 Å². The van der Waals surface area contributed by atoms with Gasteiger partial charge < -0.3 is 19.7 Å². The van der Waals surface area contributed by atoms with E-state index in [1.807, 2.05) is 48.7 Å². The van der Waals surface area contributed by atoms with Crippen molar-refractivity contribution in [3.63, 3.8) is 0 Å². The van der Waals surface area contributed by atoms with Crippen molar-refractivity contribution in [3.05, 3.63) is 71.9 Å². The fourth-order valence-corrected chi connectivity index (χ4v) is 3.27. The lowest BCUT2D eigenvalue weighted by atomic mass is 10.1. The number of carbonyl (C=O) groups is 2. The van der Waals surface area contributed by atoms with Gasteiger partial charge in [0, 0.05) is 30.1 Å². The van der Waals surface area contributed by atoms with Crippen LogP contribution in [-0.4, -0.2) is 33.4 Å². The van der Waals surface area contributed by atoms with E-state index in [0.29, 0.717) is 6.54 Å². The Morgan fingerprint density at radius 1 is 1.07 bits per heavy atom. The predicted molar refractivity (Wildman–Crippen MR) is 112 cm³/mol. The van der Waals surface area contributed by atoms with Crippen LogP contribution < -0.4 is 5.32 Å². The van der Waals surface area contributed by atoms with Crippen LogP contribution in [0.25, 0.3) is 10.9 Å². The summed E-state index contributed by atoms with van der Waals surface area (Å²) in [5.74, 6) is -1.10. The SMILES string of the molecule is CC(C)(C)OC(=O)NC(Cc1cn(Cc2ccccc2)c2ccccc12)C(=O)O. The van der Waals surface area contributed by atoms with Crippen LogP contribution in [0.15, 0.2) is 60.8 Å². The minimum absolute atomic E-state index is 0.164. The third-order valence-corrected chi connectivity index (χ3v) is 4.48. The molecular weight excluding hydrogens is 368 g/mol. The molecule has 0 aliphatic rings. The fraction of sp³-hybridized carbons (Fsp3) is 0.304. The van der Waals surface area contributed by atoms with E-state index in [2.05, 4.69) is 22.0 Å². The number of carbonyl (C=O) groups excluding carboxylic acids is 1. The van der Waals surface area contributed by atoms with Crippen molar-refractivity contribution in [2.75, 3.05) is 0 Å². The Morgan fingerprint density at radius 2 is 1.72 bits per heavy atom. The molecular formula is C23H26N2O4. The molecule has 2 aromatic carbocycles. The lowest BCUT2D eigenvalue weighted by Crippen LogP contribution is -2.44. The minimum atomic E-state index is -1.10. The number of aromatic nitrogens is 1. The normalized spacial score (nSPS) is 12.5. The summed E-state index contributed by atoms with van der Waals surface area (Å²) < 4.78 is 7.31. The Kier molecular flexibility index (Phi) is 5.92. The van der Waals surface area contributed by atoms with E-state index in [1.165, 1.54) is 0 Å². The number of aliphatic carboxylic acids is 1. The summed E-state index contributed by atoms with van der Waals surface area (Å²) in [4.78, 5) is 23.8. The summed E-state index contributed by atoms with van der Waals surface area (Å²) in [6.07, 6.45) is 1.39. The molecule has 6 nitrogen and oxygen atoms in total. The average molecular weight is 394 g/mol. The van der Waals surface area contributed by atoms with Crippen molar-refractivity contribution >= 4 is 23.0 Å². The molecule has 0 aliphatic heterocycles. The van der Waals surface area contributed by atoms with E-state index >= 15 is 0 Å². The summed E-state index contributed by atoms with van der Waals surface area (Å²) in [6, 6.07) is 16.9. The van der Waals surface area contributed by atoms with Gasteiger partial charge in [0.2, 0.25) is 0 Å². The average Bonchev–Trinajstić information content (AvgIpc) is 2.98. The zero-order valence-corrected chi connectivity index (χ0v) is 16.9. The highest BCUT2D eigenvalue weighted by Crippen LogP contribution is 2.24. The fourth-order valence-electron chi connectivity index (χ4n) is 3.27. The smallest absolute Gasteiger partial charge is 0.408 e. The van der Waals surface area contributed by atoms with Crippen molar-refractivity contribution < 1.29 is 19.4 Å². The minimum Gasteiger partial charge on any atom is -0.480 e. The van der Waals surface area contributed by atoms with Crippen LogP contribution in [0.4, 0.5) is 4.79 Å². The molecule has 152 valence electrons. The first-order chi connectivity index (χ1) is 13.7. The Morgan fingerprint density at radius 3 is 2.38 bits per heavy atom. The van der Waals surface area contributed by atoms with E-state index < -0.39 is 23.7 Å². The number of amides is 1. The zero-order valence-electron chi connectivity index (χ0n) is 16.9. The number of hydrogen-bond acceptors (Lipinski definition) is 3. The van der Waals surface area contributed by atoms with Crippen molar-refractivity contribution in [1.29, 1.82) is 0 Å². The van der Waals surface area contributed by atoms with Crippen molar-refractivity contribution in [2.45, 2.75) is 45.4 Å². The third-order valence-electron chi connectivity index (χ3n) is 4.48. The molecule has 3 aromatic rings. The lowest BCUT2D eigenvalue weighted by Gasteiger charge is -2.22. The van der Waals surface area contributed by atoms with Crippen LogP contribution >= 0.6 is 0 Å². The topological polar surface area (TPSA) is 80.6 Å². The zero-order chi connectivity index (χ0) is 21.0. The molecule has 29 heavy (non-hydrogen) atoms. The molecule has 0 radical (unpaired) electrons. The molecule has 2 N–H and O–H groups in total. The Bertz CT molecular complexity index is 1000. The molecule has 1 atom stereocenters. The van der Waals surface area contributed by atoms with Crippen LogP contribution in [0.5, 0.6) is 0 Å². The second-order valence-corrected chi connectivity index (χ2v) is 8.03. The number of carboxylic acids is 1. The third kappa shape index (κ3) is 5.38. The highest BCUT2D eigenvalue weighted by molar-refractivity contribution is 5.86. The van der Waals surface area contributed by atoms with Gasteiger partial charge in [-0.3, -0.25) is 0 Å². The van der Waals surface area contributed by atoms with E-state index in [0.717, 1.165) is 22.0 Å². The molecule has 6 heteroatoms. The van der Waals surface area contributed by atoms with E-state index in [9.17, 15) is 14.7 Å². The number of para-hydroxylation sites is 1. The van der Waals surface area contributed by atoms with Crippen LogP contribution in [0, 0.1) is 0 Å². The summed E-state index contributed by atoms with van der Waals surface area (Å²) >= 11 is 0. The molecule has 1 amide bonds. The largest absolute Gasteiger partial charge is 0.480 e. The Balaban J connectivity index is 1.86. The van der Waals surface area contributed by atoms with E-state index in [-0.39, 0.29) is 6.42 Å². The van der Waals surface area contributed by atoms with Gasteiger partial charge in [-0.15, -0.1) is 0 Å². The molecule has 0 saturated heterocycles. The molecule has 0 saturated carbocycles. The number of nitrogens with one attached hydrogen (secondary N) is 1. The monoisotopic (exact) mass is 394 g/mol. The molecule has 1 heterocycles. The first-order valence-corrected chi connectivity index (χ1v) is 9.56. The second-order valence-electron chi connectivity index (χ2n) is 8.03. The van der Waals surface area contributed by atoms with Gasteiger partial charge in [0.15, 0.2) is 0 Å². The maximum absolute atomic E-state index is 12.1. The lowest BCUT2D eigenvalue weighted by molar-refractivity contribution is -0.139. The molecule has 3 rings (SSSR count). The van der Waals surface area contributed by atoms with Crippen molar-refractivity contribution in [3.8, 4) is 0 Å². The van der Waals surface area contributed by atoms with Gasteiger partial charge in [0.1, 0.15) is 11.6 Å². The molecule has 0 bridgehead atoms. The van der Waals surface area contributed by atoms with E-state index in [4.69, 9.17) is 4.74 Å². The number of hydrogen-bond donors (Lipinski definition) is 2. The molecule has 0 fully saturated rings. The van der Waals surface area contributed by atoms with Crippen molar-refractivity contribution in [1.82, 2.24) is 9.88 Å². The first-order valence-electron chi connectivity index (χ1n) is 9.56. The quantitative estimate of drug-likeness (QED) is 0.656. The van der Waals surface area contributed by atoms with Crippen LogP contribution in [0.1, 0.15) is 31.9 Å². The van der Waals surface area contributed by atoms with Crippen molar-refractivity contribution in [2.24, 2.45) is 0 Å². The van der Waals surface area contributed by atoms with Crippen LogP contribution in [0.2, 0.25) is 0 Å². The van der Waals surface area contributed by atoms with Gasteiger partial charge >= 0.3 is 12.1 Å². The Labute approximate surface area is 170 Å². The summed E-state index contributed by atoms with van der Waals surface area (Å²) in [6.45, 7) is 5.89. The molecule has 0 aliphatic carbocycles. The van der Waals surface area contributed by atoms with Gasteiger partial charge in [-0.25, -0.2) is 9.59 Å². The molecule has 0 spiro atoms. The predicted octanol–water partition coefficient (Wildman–Crippen LogP) is 4.21. The van der Waals surface area contributed by atoms with Gasteiger partial charge in [-0.05, 0) is 38.0 Å². The van der Waals surface area contributed by atoms with Crippen LogP contribution in [-0.2, 0) is 22.5 Å². The summed E-state index contributed by atoms with van der Waals surface area (Å²) in [5.41, 5.74) is 2.34.